The highest BCUT2D eigenvalue weighted by Crippen LogP contribution is 2.10. The fourth-order valence-electron chi connectivity index (χ4n) is 1.88. The fraction of sp³-hybridized carbons (Fsp3) is 1.00. The third-order valence-electron chi connectivity index (χ3n) is 2.87. The molecule has 1 atom stereocenters. The molecule has 0 saturated heterocycles. The molecule has 0 bridgehead atoms. The highest BCUT2D eigenvalue weighted by molar-refractivity contribution is 4.82. The smallest absolute Gasteiger partial charge is 0.0252 e. The van der Waals surface area contributed by atoms with Crippen LogP contribution in [0.4, 0.5) is 0 Å². The molecule has 0 aromatic rings. The summed E-state index contributed by atoms with van der Waals surface area (Å²) in [5.74, 6) is 0. The van der Waals surface area contributed by atoms with Gasteiger partial charge in [0.15, 0.2) is 0 Å². The molecule has 0 fully saturated rings. The van der Waals surface area contributed by atoms with E-state index in [2.05, 4.69) is 51.8 Å². The quantitative estimate of drug-likeness (QED) is 0.679. The average molecular weight is 200 g/mol. The van der Waals surface area contributed by atoms with Crippen molar-refractivity contribution in [3.63, 3.8) is 0 Å². The van der Waals surface area contributed by atoms with Crippen molar-refractivity contribution in [2.24, 2.45) is 0 Å². The first-order chi connectivity index (χ1) is 6.46. The van der Waals surface area contributed by atoms with Crippen molar-refractivity contribution in [2.45, 2.75) is 59.5 Å². The van der Waals surface area contributed by atoms with E-state index in [0.29, 0.717) is 6.04 Å². The van der Waals surface area contributed by atoms with Crippen LogP contribution in [0.3, 0.4) is 0 Å². The monoisotopic (exact) mass is 200 g/mol. The van der Waals surface area contributed by atoms with Crippen molar-refractivity contribution in [1.82, 2.24) is 10.2 Å². The Balaban J connectivity index is 4.15. The van der Waals surface area contributed by atoms with Crippen LogP contribution in [0.1, 0.15) is 48.0 Å². The van der Waals surface area contributed by atoms with Crippen molar-refractivity contribution in [2.75, 3.05) is 19.6 Å². The van der Waals surface area contributed by atoms with E-state index in [-0.39, 0.29) is 5.54 Å². The Morgan fingerprint density at radius 2 is 1.79 bits per heavy atom. The van der Waals surface area contributed by atoms with Crippen LogP contribution >= 0.6 is 0 Å². The second-order valence-corrected chi connectivity index (χ2v) is 4.73. The molecular weight excluding hydrogens is 172 g/mol. The van der Waals surface area contributed by atoms with Crippen LogP contribution in [0.2, 0.25) is 0 Å². The fourth-order valence-corrected chi connectivity index (χ4v) is 1.88. The largest absolute Gasteiger partial charge is 0.311 e. The first-order valence-electron chi connectivity index (χ1n) is 5.95. The van der Waals surface area contributed by atoms with Crippen LogP contribution in [0.15, 0.2) is 0 Å². The Bertz CT molecular complexity index is 143. The van der Waals surface area contributed by atoms with Crippen molar-refractivity contribution in [3.8, 4) is 0 Å². The van der Waals surface area contributed by atoms with Gasteiger partial charge in [-0.15, -0.1) is 0 Å². The van der Waals surface area contributed by atoms with Crippen molar-refractivity contribution in [3.05, 3.63) is 0 Å². The van der Waals surface area contributed by atoms with Crippen molar-refractivity contribution < 1.29 is 0 Å². The van der Waals surface area contributed by atoms with Gasteiger partial charge in [0.05, 0.1) is 0 Å². The number of nitrogens with one attached hydrogen (secondary N) is 1. The molecular formula is C12H28N2. The maximum Gasteiger partial charge on any atom is 0.0252 e. The van der Waals surface area contributed by atoms with Crippen molar-refractivity contribution in [1.29, 1.82) is 0 Å². The Morgan fingerprint density at radius 1 is 1.21 bits per heavy atom. The molecule has 0 aliphatic carbocycles. The van der Waals surface area contributed by atoms with Gasteiger partial charge in [-0.25, -0.2) is 0 Å². The Hall–Kier alpha value is -0.0800. The van der Waals surface area contributed by atoms with E-state index in [1.165, 1.54) is 6.42 Å². The van der Waals surface area contributed by atoms with Crippen LogP contribution in [-0.4, -0.2) is 36.1 Å². The lowest BCUT2D eigenvalue weighted by Crippen LogP contribution is -2.51. The molecule has 0 amide bonds. The molecule has 1 N–H and O–H groups in total. The van der Waals surface area contributed by atoms with Gasteiger partial charge >= 0.3 is 0 Å². The van der Waals surface area contributed by atoms with Gasteiger partial charge < -0.3 is 5.32 Å². The van der Waals surface area contributed by atoms with E-state index in [1.54, 1.807) is 0 Å². The maximum absolute atomic E-state index is 3.52. The number of hydrogen-bond acceptors (Lipinski definition) is 2. The van der Waals surface area contributed by atoms with Gasteiger partial charge in [0, 0.05) is 18.1 Å². The Kier molecular flexibility index (Phi) is 6.38. The predicted octanol–water partition coefficient (Wildman–Crippen LogP) is 2.49. The maximum atomic E-state index is 3.52. The number of hydrogen-bond donors (Lipinski definition) is 1. The number of rotatable bonds is 7. The van der Waals surface area contributed by atoms with Crippen LogP contribution in [-0.2, 0) is 0 Å². The molecule has 1 unspecified atom stereocenters. The molecule has 0 aromatic heterocycles. The van der Waals surface area contributed by atoms with Crippen LogP contribution in [0.25, 0.3) is 0 Å². The number of likely N-dealkylation sites (N-methyl/N-ethyl adjacent to an activating group) is 2. The summed E-state index contributed by atoms with van der Waals surface area (Å²) in [4.78, 5) is 2.54. The van der Waals surface area contributed by atoms with E-state index in [4.69, 9.17) is 0 Å². The standard InChI is InChI=1S/C12H28N2/c1-7-11(4)14(9-3)10-12(5,6)13-8-2/h11,13H,7-10H2,1-6H3. The minimum Gasteiger partial charge on any atom is -0.311 e. The molecule has 86 valence electrons. The molecule has 0 aromatic carbocycles. The second kappa shape index (κ2) is 6.41. The van der Waals surface area contributed by atoms with E-state index < -0.39 is 0 Å². The molecule has 2 nitrogen and oxygen atoms in total. The zero-order valence-electron chi connectivity index (χ0n) is 10.9. The first-order valence-corrected chi connectivity index (χ1v) is 5.95. The Morgan fingerprint density at radius 3 is 2.14 bits per heavy atom. The lowest BCUT2D eigenvalue weighted by Gasteiger charge is -2.36. The summed E-state index contributed by atoms with van der Waals surface area (Å²) in [6, 6.07) is 0.693. The highest BCUT2D eigenvalue weighted by Gasteiger charge is 2.21. The molecule has 0 aliphatic heterocycles. The minimum absolute atomic E-state index is 0.230. The van der Waals surface area contributed by atoms with Gasteiger partial charge in [-0.3, -0.25) is 4.90 Å². The van der Waals surface area contributed by atoms with E-state index in [9.17, 15) is 0 Å². The van der Waals surface area contributed by atoms with Crippen LogP contribution in [0.5, 0.6) is 0 Å². The van der Waals surface area contributed by atoms with E-state index in [0.717, 1.165) is 19.6 Å². The lowest BCUT2D eigenvalue weighted by molar-refractivity contribution is 0.161. The summed E-state index contributed by atoms with van der Waals surface area (Å²) in [6.07, 6.45) is 1.23. The van der Waals surface area contributed by atoms with Crippen molar-refractivity contribution >= 4 is 0 Å². The first kappa shape index (κ1) is 13.9. The molecule has 14 heavy (non-hydrogen) atoms. The SMILES string of the molecule is CCNC(C)(C)CN(CC)C(C)CC. The van der Waals surface area contributed by atoms with Gasteiger partial charge in [-0.1, -0.05) is 20.8 Å². The minimum atomic E-state index is 0.230. The molecule has 0 spiro atoms. The molecule has 0 heterocycles. The van der Waals surface area contributed by atoms with Crippen LogP contribution in [0, 0.1) is 0 Å². The van der Waals surface area contributed by atoms with Gasteiger partial charge in [0.2, 0.25) is 0 Å². The Labute approximate surface area is 90.1 Å². The zero-order chi connectivity index (χ0) is 11.2. The lowest BCUT2D eigenvalue weighted by atomic mass is 10.0. The van der Waals surface area contributed by atoms with E-state index in [1.807, 2.05) is 0 Å². The molecule has 0 rings (SSSR count). The molecule has 0 radical (unpaired) electrons. The predicted molar refractivity (Wildman–Crippen MR) is 64.8 cm³/mol. The number of nitrogens with zero attached hydrogens (tertiary/aromatic N) is 1. The molecule has 2 heteroatoms. The third kappa shape index (κ3) is 4.97. The molecule has 0 saturated carbocycles. The van der Waals surface area contributed by atoms with Gasteiger partial charge in [0.25, 0.3) is 0 Å². The highest BCUT2D eigenvalue weighted by atomic mass is 15.2. The summed E-state index contributed by atoms with van der Waals surface area (Å²) in [6.45, 7) is 16.9. The van der Waals surface area contributed by atoms with Gasteiger partial charge in [-0.05, 0) is 40.3 Å². The van der Waals surface area contributed by atoms with Crippen LogP contribution < -0.4 is 5.32 Å². The topological polar surface area (TPSA) is 15.3 Å². The summed E-state index contributed by atoms with van der Waals surface area (Å²) < 4.78 is 0. The van der Waals surface area contributed by atoms with E-state index >= 15 is 0 Å². The summed E-state index contributed by atoms with van der Waals surface area (Å²) in [7, 11) is 0. The molecule has 0 aliphatic rings. The van der Waals surface area contributed by atoms with Gasteiger partial charge in [-0.2, -0.15) is 0 Å². The summed E-state index contributed by atoms with van der Waals surface area (Å²) in [5, 5.41) is 3.52. The third-order valence-corrected chi connectivity index (χ3v) is 2.87. The summed E-state index contributed by atoms with van der Waals surface area (Å²) in [5.41, 5.74) is 0.230. The summed E-state index contributed by atoms with van der Waals surface area (Å²) >= 11 is 0. The second-order valence-electron chi connectivity index (χ2n) is 4.73. The average Bonchev–Trinajstić information content (AvgIpc) is 2.13. The zero-order valence-corrected chi connectivity index (χ0v) is 10.9. The normalized spacial score (nSPS) is 14.8. The van der Waals surface area contributed by atoms with Gasteiger partial charge in [0.1, 0.15) is 0 Å².